The molecule has 0 bridgehead atoms. The summed E-state index contributed by atoms with van der Waals surface area (Å²) in [5, 5.41) is 12.5. The van der Waals surface area contributed by atoms with Gasteiger partial charge in [0.05, 0.1) is 35.8 Å². The number of rotatable bonds is 9. The molecule has 3 aromatic carbocycles. The molecule has 0 unspecified atom stereocenters. The Balaban J connectivity index is 1.99. The molecule has 0 saturated heterocycles. The van der Waals surface area contributed by atoms with Crippen molar-refractivity contribution in [2.45, 2.75) is 26.5 Å². The number of carbonyl (C=O) groups excluding carboxylic acids is 1. The van der Waals surface area contributed by atoms with E-state index in [0.29, 0.717) is 22.2 Å². The maximum atomic E-state index is 13.6. The second-order valence-corrected chi connectivity index (χ2v) is 10.8. The molecule has 4 rings (SSSR count). The number of furan rings is 1. The highest BCUT2D eigenvalue weighted by Gasteiger charge is 2.28. The monoisotopic (exact) mass is 541 g/mol. The summed E-state index contributed by atoms with van der Waals surface area (Å²) in [4.78, 5) is 12.9. The topological polar surface area (TPSA) is 121 Å². The van der Waals surface area contributed by atoms with Crippen LogP contribution in [0.25, 0.3) is 22.3 Å². The molecule has 0 aliphatic rings. The Hall–Kier alpha value is -4.09. The molecule has 1 aromatic heterocycles. The second-order valence-electron chi connectivity index (χ2n) is 8.91. The minimum Gasteiger partial charge on any atom is -0.489 e. The van der Waals surface area contributed by atoms with Crippen molar-refractivity contribution in [2.75, 3.05) is 23.1 Å². The van der Waals surface area contributed by atoms with Crippen molar-refractivity contribution in [3.8, 4) is 17.1 Å². The van der Waals surface area contributed by atoms with Crippen molar-refractivity contribution in [3.63, 3.8) is 0 Å². The molecule has 0 spiro atoms. The van der Waals surface area contributed by atoms with Crippen LogP contribution in [0.2, 0.25) is 0 Å². The van der Waals surface area contributed by atoms with Crippen molar-refractivity contribution >= 4 is 38.3 Å². The van der Waals surface area contributed by atoms with Crippen molar-refractivity contribution in [2.24, 2.45) is 0 Å². The second kappa shape index (κ2) is 10.7. The van der Waals surface area contributed by atoms with Crippen LogP contribution in [0.5, 0.6) is 5.75 Å². The Labute approximate surface area is 219 Å². The normalized spacial score (nSPS) is 11.6. The van der Waals surface area contributed by atoms with Crippen LogP contribution in [0, 0.1) is 5.82 Å². The van der Waals surface area contributed by atoms with Crippen molar-refractivity contribution in [1.82, 2.24) is 5.32 Å². The van der Waals surface area contributed by atoms with E-state index in [0.717, 1.165) is 10.6 Å². The van der Waals surface area contributed by atoms with E-state index >= 15 is 0 Å². The van der Waals surface area contributed by atoms with E-state index in [-0.39, 0.29) is 41.0 Å². The van der Waals surface area contributed by atoms with Crippen molar-refractivity contribution in [3.05, 3.63) is 77.6 Å². The highest BCUT2D eigenvalue weighted by molar-refractivity contribution is 7.92. The first-order valence-electron chi connectivity index (χ1n) is 11.7. The lowest BCUT2D eigenvalue weighted by Gasteiger charge is -2.26. The summed E-state index contributed by atoms with van der Waals surface area (Å²) in [5.41, 5.74) is 4.03. The number of nitrogens with one attached hydrogen (secondary N) is 2. The largest absolute Gasteiger partial charge is 0.489 e. The van der Waals surface area contributed by atoms with Crippen LogP contribution in [0.1, 0.15) is 29.8 Å². The van der Waals surface area contributed by atoms with Gasteiger partial charge in [-0.15, -0.1) is 0 Å². The molecule has 0 aliphatic heterocycles. The zero-order chi connectivity index (χ0) is 27.6. The molecular weight excluding hydrogens is 513 g/mol. The lowest BCUT2D eigenvalue weighted by molar-refractivity contribution is 0.0964. The maximum absolute atomic E-state index is 13.6. The number of amides is 1. The zero-order valence-electron chi connectivity index (χ0n) is 21.3. The van der Waals surface area contributed by atoms with Gasteiger partial charge in [0.15, 0.2) is 0 Å². The summed E-state index contributed by atoms with van der Waals surface area (Å²) in [7, 11) is -2.39. The number of anilines is 2. The Morgan fingerprint density at radius 2 is 1.82 bits per heavy atom. The number of fused-ring (bicyclic) bond motifs is 1. The van der Waals surface area contributed by atoms with Gasteiger partial charge in [-0.3, -0.25) is 19.8 Å². The molecule has 0 saturated carbocycles. The maximum Gasteiger partial charge on any atom is 0.255 e. The van der Waals surface area contributed by atoms with E-state index < -0.39 is 21.7 Å². The molecule has 0 fully saturated rings. The summed E-state index contributed by atoms with van der Waals surface area (Å²) >= 11 is 0. The van der Waals surface area contributed by atoms with E-state index in [4.69, 9.17) is 9.15 Å². The average Bonchev–Trinajstić information content (AvgIpc) is 3.24. The number of carbonyl (C=O) groups is 1. The predicted molar refractivity (Wildman–Crippen MR) is 144 cm³/mol. The summed E-state index contributed by atoms with van der Waals surface area (Å²) in [6, 6.07) is 15.3. The number of benzene rings is 3. The number of para-hydroxylation sites is 1. The number of hydrogen-bond donors (Lipinski definition) is 3. The van der Waals surface area contributed by atoms with Gasteiger partial charge in [0.1, 0.15) is 22.9 Å². The van der Waals surface area contributed by atoms with Gasteiger partial charge in [-0.1, -0.05) is 18.2 Å². The SMILES string of the molecule is CNC(=O)c1c(-c2ccc(F)cc2)oc2cc(N(Cc3ccccc3NO)S(C)(=O)=O)c(OC(C)C)cc12. The van der Waals surface area contributed by atoms with Gasteiger partial charge in [-0.2, -0.15) is 0 Å². The number of halogens is 1. The van der Waals surface area contributed by atoms with Gasteiger partial charge in [-0.25, -0.2) is 12.8 Å². The minimum atomic E-state index is -3.87. The molecule has 1 amide bonds. The van der Waals surface area contributed by atoms with Crippen molar-refractivity contribution in [1.29, 1.82) is 0 Å². The fraction of sp³-hybridized carbons (Fsp3) is 0.222. The quantitative estimate of drug-likeness (QED) is 0.251. The lowest BCUT2D eigenvalue weighted by Crippen LogP contribution is -2.30. The fourth-order valence-electron chi connectivity index (χ4n) is 4.11. The summed E-state index contributed by atoms with van der Waals surface area (Å²) < 4.78 is 52.9. The van der Waals surface area contributed by atoms with E-state index in [1.54, 1.807) is 44.2 Å². The van der Waals surface area contributed by atoms with Gasteiger partial charge in [0, 0.05) is 24.1 Å². The van der Waals surface area contributed by atoms with E-state index in [1.807, 2.05) is 0 Å². The fourth-order valence-corrected chi connectivity index (χ4v) is 4.99. The molecule has 9 nitrogen and oxygen atoms in total. The molecule has 0 aliphatic carbocycles. The van der Waals surface area contributed by atoms with E-state index in [2.05, 4.69) is 10.8 Å². The molecule has 3 N–H and O–H groups in total. The smallest absolute Gasteiger partial charge is 0.255 e. The first-order chi connectivity index (χ1) is 18.0. The van der Waals surface area contributed by atoms with Gasteiger partial charge in [-0.05, 0) is 55.8 Å². The standard InChI is InChI=1S/C27H28FN3O6S/c1-16(2)36-24-13-20-23(37-26(25(20)27(32)29-3)17-9-11-19(28)12-10-17)14-22(24)31(38(4,34)35)15-18-7-5-6-8-21(18)30-33/h5-14,16,30,33H,15H2,1-4H3,(H,29,32). The van der Waals surface area contributed by atoms with Crippen LogP contribution < -0.4 is 19.8 Å². The van der Waals surface area contributed by atoms with E-state index in [9.17, 15) is 22.8 Å². The van der Waals surface area contributed by atoms with Crippen LogP contribution in [0.15, 0.2) is 65.1 Å². The molecule has 0 atom stereocenters. The molecule has 200 valence electrons. The third kappa shape index (κ3) is 5.43. The van der Waals surface area contributed by atoms with Crippen LogP contribution in [0.4, 0.5) is 15.8 Å². The minimum absolute atomic E-state index is 0.129. The lowest BCUT2D eigenvalue weighted by atomic mass is 10.0. The summed E-state index contributed by atoms with van der Waals surface area (Å²) in [6.07, 6.45) is 0.735. The molecular formula is C27H28FN3O6S. The Bertz CT molecular complexity index is 1580. The molecule has 4 aromatic rings. The Morgan fingerprint density at radius 3 is 2.42 bits per heavy atom. The highest BCUT2D eigenvalue weighted by Crippen LogP contribution is 2.42. The zero-order valence-corrected chi connectivity index (χ0v) is 22.1. The molecule has 1 heterocycles. The van der Waals surface area contributed by atoms with E-state index in [1.165, 1.54) is 37.4 Å². The van der Waals surface area contributed by atoms with Gasteiger partial charge >= 0.3 is 0 Å². The van der Waals surface area contributed by atoms with Gasteiger partial charge in [0.25, 0.3) is 5.91 Å². The van der Waals surface area contributed by atoms with Gasteiger partial charge in [0.2, 0.25) is 10.0 Å². The molecule has 11 heteroatoms. The first-order valence-corrected chi connectivity index (χ1v) is 13.6. The third-order valence-electron chi connectivity index (χ3n) is 5.81. The van der Waals surface area contributed by atoms with Crippen LogP contribution in [0.3, 0.4) is 0 Å². The number of nitrogens with zero attached hydrogens (tertiary/aromatic N) is 1. The number of ether oxygens (including phenoxy) is 1. The molecule has 0 radical (unpaired) electrons. The van der Waals surface area contributed by atoms with Crippen LogP contribution in [-0.4, -0.2) is 38.9 Å². The van der Waals surface area contributed by atoms with Crippen LogP contribution in [-0.2, 0) is 16.6 Å². The Morgan fingerprint density at radius 1 is 1.13 bits per heavy atom. The van der Waals surface area contributed by atoms with Crippen molar-refractivity contribution < 1.29 is 32.0 Å². The number of hydrogen-bond acceptors (Lipinski definition) is 7. The Kier molecular flexibility index (Phi) is 7.61. The van der Waals surface area contributed by atoms with Gasteiger partial charge < -0.3 is 14.5 Å². The summed E-state index contributed by atoms with van der Waals surface area (Å²) in [6.45, 7) is 3.46. The molecule has 38 heavy (non-hydrogen) atoms. The van der Waals surface area contributed by atoms with Crippen LogP contribution >= 0.6 is 0 Å². The first kappa shape index (κ1) is 27.0. The predicted octanol–water partition coefficient (Wildman–Crippen LogP) is 5.15. The average molecular weight is 542 g/mol. The summed E-state index contributed by atoms with van der Waals surface area (Å²) in [5.74, 6) is -0.464. The highest BCUT2D eigenvalue weighted by atomic mass is 32.2. The third-order valence-corrected chi connectivity index (χ3v) is 6.94. The number of sulfonamides is 1.